The monoisotopic (exact) mass is 475 g/mol. The molecule has 1 aliphatic heterocycles. The quantitative estimate of drug-likeness (QED) is 0.547. The Balaban J connectivity index is 1.72. The number of anilines is 1. The molecule has 0 unspecified atom stereocenters. The maximum Gasteiger partial charge on any atom is 0.274 e. The number of aromatic amines is 1. The Labute approximate surface area is 190 Å². The van der Waals surface area contributed by atoms with Crippen LogP contribution in [-0.4, -0.2) is 66.3 Å². The van der Waals surface area contributed by atoms with E-state index in [1.54, 1.807) is 27.0 Å². The van der Waals surface area contributed by atoms with Crippen molar-refractivity contribution in [2.45, 2.75) is 18.7 Å². The van der Waals surface area contributed by atoms with Gasteiger partial charge in [0.15, 0.2) is 5.65 Å². The molecular weight excluding hydrogens is 450 g/mol. The lowest BCUT2D eigenvalue weighted by atomic mass is 10.1. The van der Waals surface area contributed by atoms with E-state index in [9.17, 15) is 18.0 Å². The predicted molar refractivity (Wildman–Crippen MR) is 121 cm³/mol. The normalized spacial score (nSPS) is 15.0. The van der Waals surface area contributed by atoms with Gasteiger partial charge >= 0.3 is 0 Å². The highest BCUT2D eigenvalue weighted by Crippen LogP contribution is 2.31. The highest BCUT2D eigenvalue weighted by atomic mass is 32.2. The van der Waals surface area contributed by atoms with Gasteiger partial charge in [0.1, 0.15) is 10.6 Å². The van der Waals surface area contributed by atoms with Crippen LogP contribution in [0.15, 0.2) is 34.0 Å². The average Bonchev–Trinajstić information content (AvgIpc) is 3.08. The van der Waals surface area contributed by atoms with E-state index in [-0.39, 0.29) is 47.0 Å². The zero-order chi connectivity index (χ0) is 23.8. The Kier molecular flexibility index (Phi) is 6.23. The molecule has 1 saturated heterocycles. The Morgan fingerprint density at radius 1 is 1.27 bits per heavy atom. The smallest absolute Gasteiger partial charge is 0.274 e. The van der Waals surface area contributed by atoms with Gasteiger partial charge in [-0.05, 0) is 38.1 Å². The molecule has 1 aromatic carbocycles. The summed E-state index contributed by atoms with van der Waals surface area (Å²) in [6.07, 6.45) is 0. The molecular formula is C21H25N5O6S. The number of benzene rings is 1. The number of carbonyl (C=O) groups excluding carboxylic acids is 1. The van der Waals surface area contributed by atoms with Crippen molar-refractivity contribution in [3.63, 3.8) is 0 Å². The van der Waals surface area contributed by atoms with Crippen LogP contribution in [-0.2, 0) is 21.8 Å². The van der Waals surface area contributed by atoms with Gasteiger partial charge in [0, 0.05) is 31.5 Å². The van der Waals surface area contributed by atoms with Crippen LogP contribution >= 0.6 is 0 Å². The van der Waals surface area contributed by atoms with E-state index in [1.165, 1.54) is 27.2 Å². The second-order valence-electron chi connectivity index (χ2n) is 7.57. The number of nitrogens with one attached hydrogen (secondary N) is 2. The molecule has 12 heteroatoms. The van der Waals surface area contributed by atoms with Gasteiger partial charge in [-0.1, -0.05) is 0 Å². The predicted octanol–water partition coefficient (Wildman–Crippen LogP) is 1.24. The van der Waals surface area contributed by atoms with Crippen LogP contribution in [0.5, 0.6) is 5.75 Å². The number of sulfonamides is 1. The SMILES string of the molecule is CCOc1ccc(NC(=O)c2cc(C)nc3c2c(=O)[nH]n3C)cc1S(=O)(=O)N1CCOCC1. The largest absolute Gasteiger partial charge is 0.492 e. The lowest BCUT2D eigenvalue weighted by Gasteiger charge is -2.27. The first kappa shape index (κ1) is 23.0. The summed E-state index contributed by atoms with van der Waals surface area (Å²) in [4.78, 5) is 29.7. The Hall–Kier alpha value is -3.22. The van der Waals surface area contributed by atoms with Crippen LogP contribution in [0.25, 0.3) is 11.0 Å². The van der Waals surface area contributed by atoms with Crippen molar-refractivity contribution in [3.8, 4) is 5.75 Å². The number of hydrogen-bond acceptors (Lipinski definition) is 7. The molecule has 176 valence electrons. The van der Waals surface area contributed by atoms with Crippen molar-refractivity contribution in [2.24, 2.45) is 7.05 Å². The topological polar surface area (TPSA) is 136 Å². The zero-order valence-electron chi connectivity index (χ0n) is 18.5. The molecule has 3 aromatic rings. The number of hydrogen-bond donors (Lipinski definition) is 2. The number of carbonyl (C=O) groups is 1. The molecule has 33 heavy (non-hydrogen) atoms. The first-order chi connectivity index (χ1) is 15.7. The van der Waals surface area contributed by atoms with Crippen LogP contribution in [0.1, 0.15) is 23.0 Å². The highest BCUT2D eigenvalue weighted by Gasteiger charge is 2.30. The third kappa shape index (κ3) is 4.36. The Morgan fingerprint density at radius 3 is 2.70 bits per heavy atom. The third-order valence-corrected chi connectivity index (χ3v) is 7.20. The molecule has 3 heterocycles. The molecule has 11 nitrogen and oxygen atoms in total. The van der Waals surface area contributed by atoms with Gasteiger partial charge in [0.25, 0.3) is 11.5 Å². The van der Waals surface area contributed by atoms with Gasteiger partial charge in [-0.25, -0.2) is 13.4 Å². The number of pyridine rings is 1. The van der Waals surface area contributed by atoms with Crippen LogP contribution in [0, 0.1) is 6.92 Å². The van der Waals surface area contributed by atoms with E-state index in [4.69, 9.17) is 9.47 Å². The van der Waals surface area contributed by atoms with Crippen LogP contribution in [0.4, 0.5) is 5.69 Å². The number of aryl methyl sites for hydroxylation is 2. The number of amides is 1. The van der Waals surface area contributed by atoms with Crippen molar-refractivity contribution in [3.05, 3.63) is 45.9 Å². The number of H-pyrrole nitrogens is 1. The fourth-order valence-corrected chi connectivity index (χ4v) is 5.32. The van der Waals surface area contributed by atoms with Gasteiger partial charge < -0.3 is 14.8 Å². The first-order valence-electron chi connectivity index (χ1n) is 10.4. The highest BCUT2D eigenvalue weighted by molar-refractivity contribution is 7.89. The Bertz CT molecular complexity index is 1370. The summed E-state index contributed by atoms with van der Waals surface area (Å²) in [6, 6.07) is 5.96. The molecule has 0 bridgehead atoms. The molecule has 2 N–H and O–H groups in total. The molecule has 0 saturated carbocycles. The molecule has 4 rings (SSSR count). The summed E-state index contributed by atoms with van der Waals surface area (Å²) in [5.74, 6) is -0.357. The van der Waals surface area contributed by atoms with Gasteiger partial charge in [-0.15, -0.1) is 0 Å². The van der Waals surface area contributed by atoms with Gasteiger partial charge in [-0.2, -0.15) is 4.31 Å². The minimum atomic E-state index is -3.87. The summed E-state index contributed by atoms with van der Waals surface area (Å²) in [5.41, 5.74) is 0.875. The summed E-state index contributed by atoms with van der Waals surface area (Å²) < 4.78 is 40.1. The zero-order valence-corrected chi connectivity index (χ0v) is 19.4. The first-order valence-corrected chi connectivity index (χ1v) is 11.9. The van der Waals surface area contributed by atoms with E-state index in [0.29, 0.717) is 24.6 Å². The summed E-state index contributed by atoms with van der Waals surface area (Å²) in [6.45, 7) is 4.84. The third-order valence-electron chi connectivity index (χ3n) is 5.28. The molecule has 0 spiro atoms. The van der Waals surface area contributed by atoms with Gasteiger partial charge in [0.05, 0.1) is 30.8 Å². The Morgan fingerprint density at radius 2 is 2.00 bits per heavy atom. The van der Waals surface area contributed by atoms with Crippen molar-refractivity contribution in [1.82, 2.24) is 19.1 Å². The molecule has 2 aromatic heterocycles. The van der Waals surface area contributed by atoms with Crippen LogP contribution in [0.2, 0.25) is 0 Å². The summed E-state index contributed by atoms with van der Waals surface area (Å²) in [7, 11) is -2.24. The average molecular weight is 476 g/mol. The fourth-order valence-electron chi connectivity index (χ4n) is 3.75. The van der Waals surface area contributed by atoms with Gasteiger partial charge in [0.2, 0.25) is 10.0 Å². The number of morpholine rings is 1. The summed E-state index contributed by atoms with van der Waals surface area (Å²) in [5, 5.41) is 5.46. The van der Waals surface area contributed by atoms with Crippen molar-refractivity contribution < 1.29 is 22.7 Å². The number of fused-ring (bicyclic) bond motifs is 1. The molecule has 0 radical (unpaired) electrons. The summed E-state index contributed by atoms with van der Waals surface area (Å²) >= 11 is 0. The van der Waals surface area contributed by atoms with E-state index >= 15 is 0 Å². The molecule has 1 aliphatic rings. The molecule has 1 fully saturated rings. The van der Waals surface area contributed by atoms with E-state index < -0.39 is 21.5 Å². The number of ether oxygens (including phenoxy) is 2. The second kappa shape index (κ2) is 8.96. The van der Waals surface area contributed by atoms with E-state index in [1.807, 2.05) is 0 Å². The van der Waals surface area contributed by atoms with E-state index in [2.05, 4.69) is 15.4 Å². The molecule has 1 amide bonds. The maximum absolute atomic E-state index is 13.3. The lowest BCUT2D eigenvalue weighted by molar-refractivity contribution is 0.0729. The van der Waals surface area contributed by atoms with Crippen LogP contribution < -0.4 is 15.6 Å². The maximum atomic E-state index is 13.3. The minimum absolute atomic E-state index is 0.0438. The minimum Gasteiger partial charge on any atom is -0.492 e. The van der Waals surface area contributed by atoms with Crippen LogP contribution in [0.3, 0.4) is 0 Å². The van der Waals surface area contributed by atoms with Gasteiger partial charge in [-0.3, -0.25) is 19.4 Å². The lowest BCUT2D eigenvalue weighted by Crippen LogP contribution is -2.40. The molecule has 0 atom stereocenters. The number of rotatable bonds is 6. The standard InChI is InChI=1S/C21H25N5O6S/c1-4-32-16-6-5-14(12-17(16)33(29,30)26-7-9-31-10-8-26)23-20(27)15-11-13(2)22-19-18(15)21(28)24-25(19)3/h5-6,11-12H,4,7-10H2,1-3H3,(H,23,27)(H,24,28). The van der Waals surface area contributed by atoms with Crippen molar-refractivity contribution in [1.29, 1.82) is 0 Å². The number of nitrogens with zero attached hydrogens (tertiary/aromatic N) is 3. The van der Waals surface area contributed by atoms with Crippen molar-refractivity contribution >= 4 is 32.7 Å². The number of aromatic nitrogens is 3. The molecule has 0 aliphatic carbocycles. The fraction of sp³-hybridized carbons (Fsp3) is 0.381. The van der Waals surface area contributed by atoms with Crippen molar-refractivity contribution in [2.75, 3.05) is 38.2 Å². The second-order valence-corrected chi connectivity index (χ2v) is 9.48. The van der Waals surface area contributed by atoms with E-state index in [0.717, 1.165) is 0 Å².